The molecule has 0 radical (unpaired) electrons. The van der Waals surface area contributed by atoms with Crippen molar-refractivity contribution in [2.45, 2.75) is 102 Å². The second-order valence-corrected chi connectivity index (χ2v) is 9.96. The van der Waals surface area contributed by atoms with Gasteiger partial charge in [0.1, 0.15) is 0 Å². The van der Waals surface area contributed by atoms with Gasteiger partial charge in [0.05, 0.1) is 18.2 Å². The van der Waals surface area contributed by atoms with Gasteiger partial charge >= 0.3 is 0 Å². The standard InChI is InChI=1S/C18H30O3S.C5H11NO/c1-2-3-4-5-6-7-8-9-10-11-14-17-15-12-13-16-18(17)22(19,20)21;1-5(2)3-7-4-6-5/h12-13,15-16H,2-11,14H2,1H3,(H,19,20,21);6H,3-4H2,1-2H3. The van der Waals surface area contributed by atoms with Crippen LogP contribution in [0, 0.1) is 0 Å². The number of nitrogens with one attached hydrogen (secondary N) is 1. The fourth-order valence-electron chi connectivity index (χ4n) is 3.37. The summed E-state index contributed by atoms with van der Waals surface area (Å²) in [6.07, 6.45) is 13.3. The SMILES string of the molecule is CC1(C)COCN1.CCCCCCCCCCCCc1ccccc1S(=O)(=O)O. The predicted molar refractivity (Wildman–Crippen MR) is 120 cm³/mol. The minimum absolute atomic E-state index is 0.0610. The highest BCUT2D eigenvalue weighted by molar-refractivity contribution is 7.85. The van der Waals surface area contributed by atoms with E-state index in [1.807, 2.05) is 6.07 Å². The Labute approximate surface area is 178 Å². The number of hydrogen-bond acceptors (Lipinski definition) is 4. The van der Waals surface area contributed by atoms with E-state index in [1.165, 1.54) is 57.4 Å². The molecule has 1 aromatic rings. The van der Waals surface area contributed by atoms with E-state index < -0.39 is 10.1 Å². The molecule has 1 fully saturated rings. The van der Waals surface area contributed by atoms with E-state index in [9.17, 15) is 13.0 Å². The van der Waals surface area contributed by atoms with Crippen LogP contribution in [0.15, 0.2) is 29.2 Å². The molecule has 0 spiro atoms. The molecule has 1 saturated heterocycles. The molecule has 0 bridgehead atoms. The molecule has 0 amide bonds. The summed E-state index contributed by atoms with van der Waals surface area (Å²) in [5.74, 6) is 0. The quantitative estimate of drug-likeness (QED) is 0.329. The Morgan fingerprint density at radius 1 is 0.966 bits per heavy atom. The minimum Gasteiger partial charge on any atom is -0.364 e. The normalized spacial score (nSPS) is 15.7. The van der Waals surface area contributed by atoms with E-state index in [4.69, 9.17) is 4.74 Å². The lowest BCUT2D eigenvalue weighted by atomic mass is 10.0. The third-order valence-electron chi connectivity index (χ3n) is 5.17. The molecule has 29 heavy (non-hydrogen) atoms. The Hall–Kier alpha value is -0.950. The van der Waals surface area contributed by atoms with Crippen molar-refractivity contribution in [3.8, 4) is 0 Å². The summed E-state index contributed by atoms with van der Waals surface area (Å²) < 4.78 is 36.8. The van der Waals surface area contributed by atoms with E-state index in [0.29, 0.717) is 13.2 Å². The third kappa shape index (κ3) is 12.4. The van der Waals surface area contributed by atoms with E-state index in [0.717, 1.165) is 25.0 Å². The van der Waals surface area contributed by atoms with Gasteiger partial charge in [0.2, 0.25) is 0 Å². The minimum atomic E-state index is -4.10. The van der Waals surface area contributed by atoms with Gasteiger partial charge in [-0.2, -0.15) is 8.42 Å². The number of unbranched alkanes of at least 4 members (excludes halogenated alkanes) is 9. The van der Waals surface area contributed by atoms with Crippen LogP contribution in [-0.4, -0.2) is 31.8 Å². The smallest absolute Gasteiger partial charge is 0.294 e. The van der Waals surface area contributed by atoms with Crippen LogP contribution in [-0.2, 0) is 21.3 Å². The first-order chi connectivity index (χ1) is 13.8. The number of hydrogen-bond donors (Lipinski definition) is 2. The Morgan fingerprint density at radius 3 is 1.97 bits per heavy atom. The van der Waals surface area contributed by atoms with Gasteiger partial charge in [0, 0.05) is 5.54 Å². The average molecular weight is 428 g/mol. The molecule has 1 heterocycles. The van der Waals surface area contributed by atoms with Crippen LogP contribution in [0.3, 0.4) is 0 Å². The lowest BCUT2D eigenvalue weighted by molar-refractivity contribution is 0.182. The predicted octanol–water partition coefficient (Wildman–Crippen LogP) is 5.74. The van der Waals surface area contributed by atoms with Crippen LogP contribution < -0.4 is 5.32 Å². The number of benzene rings is 1. The van der Waals surface area contributed by atoms with E-state index >= 15 is 0 Å². The fourth-order valence-corrected chi connectivity index (χ4v) is 4.12. The highest BCUT2D eigenvalue weighted by Crippen LogP contribution is 2.18. The molecule has 0 aliphatic carbocycles. The Morgan fingerprint density at radius 2 is 1.52 bits per heavy atom. The molecule has 5 nitrogen and oxygen atoms in total. The summed E-state index contributed by atoms with van der Waals surface area (Å²) in [4.78, 5) is 0.0610. The first-order valence-electron chi connectivity index (χ1n) is 11.1. The van der Waals surface area contributed by atoms with E-state index in [2.05, 4.69) is 26.1 Å². The maximum Gasteiger partial charge on any atom is 0.294 e. The van der Waals surface area contributed by atoms with Gasteiger partial charge in [-0.3, -0.25) is 9.87 Å². The average Bonchev–Trinajstić information content (AvgIpc) is 3.07. The molecule has 6 heteroatoms. The summed E-state index contributed by atoms with van der Waals surface area (Å²) in [6.45, 7) is 8.04. The van der Waals surface area contributed by atoms with Crippen LogP contribution >= 0.6 is 0 Å². The summed E-state index contributed by atoms with van der Waals surface area (Å²) in [5.41, 5.74) is 0.949. The van der Waals surface area contributed by atoms with Crippen molar-refractivity contribution in [3.63, 3.8) is 0 Å². The molecule has 1 aliphatic heterocycles. The zero-order valence-corrected chi connectivity index (χ0v) is 19.4. The van der Waals surface area contributed by atoms with Gasteiger partial charge in [0.15, 0.2) is 0 Å². The topological polar surface area (TPSA) is 75.6 Å². The summed E-state index contributed by atoms with van der Waals surface area (Å²) in [5, 5.41) is 3.17. The largest absolute Gasteiger partial charge is 0.364 e. The van der Waals surface area contributed by atoms with Gasteiger partial charge in [-0.05, 0) is 38.3 Å². The van der Waals surface area contributed by atoms with Crippen LogP contribution in [0.5, 0.6) is 0 Å². The van der Waals surface area contributed by atoms with E-state index in [-0.39, 0.29) is 10.4 Å². The molecular formula is C23H41NO4S. The van der Waals surface area contributed by atoms with Crippen molar-refractivity contribution < 1.29 is 17.7 Å². The maximum absolute atomic E-state index is 11.3. The maximum atomic E-state index is 11.3. The first kappa shape index (κ1) is 26.1. The highest BCUT2D eigenvalue weighted by atomic mass is 32.2. The summed E-state index contributed by atoms with van der Waals surface area (Å²) >= 11 is 0. The molecule has 0 atom stereocenters. The fraction of sp³-hybridized carbons (Fsp3) is 0.739. The van der Waals surface area contributed by atoms with Crippen molar-refractivity contribution in [1.82, 2.24) is 5.32 Å². The second-order valence-electron chi connectivity index (χ2n) is 8.57. The van der Waals surface area contributed by atoms with Gasteiger partial charge in [-0.1, -0.05) is 82.9 Å². The van der Waals surface area contributed by atoms with Crippen LogP contribution in [0.4, 0.5) is 0 Å². The molecule has 1 aliphatic rings. The molecule has 0 unspecified atom stereocenters. The molecule has 1 aromatic carbocycles. The Kier molecular flexibility index (Phi) is 12.7. The zero-order valence-electron chi connectivity index (χ0n) is 18.6. The number of rotatable bonds is 12. The van der Waals surface area contributed by atoms with Crippen molar-refractivity contribution in [3.05, 3.63) is 29.8 Å². The lowest BCUT2D eigenvalue weighted by Crippen LogP contribution is -2.34. The molecule has 168 valence electrons. The summed E-state index contributed by atoms with van der Waals surface area (Å²) in [7, 11) is -4.10. The number of aryl methyl sites for hydroxylation is 1. The van der Waals surface area contributed by atoms with Crippen molar-refractivity contribution in [2.75, 3.05) is 13.3 Å². The molecule has 0 saturated carbocycles. The van der Waals surface area contributed by atoms with Crippen molar-refractivity contribution in [1.29, 1.82) is 0 Å². The first-order valence-corrected chi connectivity index (χ1v) is 12.6. The zero-order chi connectivity index (χ0) is 21.6. The lowest BCUT2D eigenvalue weighted by Gasteiger charge is -2.12. The molecular weight excluding hydrogens is 386 g/mol. The van der Waals surface area contributed by atoms with Crippen LogP contribution in [0.1, 0.15) is 90.5 Å². The monoisotopic (exact) mass is 427 g/mol. The van der Waals surface area contributed by atoms with Gasteiger partial charge in [-0.15, -0.1) is 0 Å². The van der Waals surface area contributed by atoms with Gasteiger partial charge < -0.3 is 4.74 Å². The van der Waals surface area contributed by atoms with Gasteiger partial charge in [-0.25, -0.2) is 0 Å². The third-order valence-corrected chi connectivity index (χ3v) is 6.12. The number of ether oxygens (including phenoxy) is 1. The Bertz CT molecular complexity index is 651. The second kappa shape index (κ2) is 14.1. The van der Waals surface area contributed by atoms with Crippen LogP contribution in [0.2, 0.25) is 0 Å². The van der Waals surface area contributed by atoms with Crippen LogP contribution in [0.25, 0.3) is 0 Å². The van der Waals surface area contributed by atoms with E-state index in [1.54, 1.807) is 12.1 Å². The van der Waals surface area contributed by atoms with Gasteiger partial charge in [0.25, 0.3) is 10.1 Å². The van der Waals surface area contributed by atoms with Crippen molar-refractivity contribution >= 4 is 10.1 Å². The Balaban J connectivity index is 0.000000502. The highest BCUT2D eigenvalue weighted by Gasteiger charge is 2.21. The molecule has 2 N–H and O–H groups in total. The summed E-state index contributed by atoms with van der Waals surface area (Å²) in [6, 6.07) is 6.73. The molecule has 2 rings (SSSR count). The molecule has 0 aromatic heterocycles. The van der Waals surface area contributed by atoms with Crippen molar-refractivity contribution in [2.24, 2.45) is 0 Å².